The maximum atomic E-state index is 12.6. The molecular formula is C14H17F3O3SSi. The van der Waals surface area contributed by atoms with Crippen molar-refractivity contribution in [3.63, 3.8) is 0 Å². The van der Waals surface area contributed by atoms with Crippen molar-refractivity contribution in [2.75, 3.05) is 0 Å². The monoisotopic (exact) mass is 350 g/mol. The van der Waals surface area contributed by atoms with Crippen LogP contribution in [0.2, 0.25) is 19.6 Å². The van der Waals surface area contributed by atoms with Crippen molar-refractivity contribution in [1.29, 1.82) is 0 Å². The Bertz CT molecular complexity index is 716. The number of rotatable bonds is 3. The summed E-state index contributed by atoms with van der Waals surface area (Å²) in [5.41, 5.74) is -3.60. The highest BCUT2D eigenvalue weighted by molar-refractivity contribution is 7.87. The van der Waals surface area contributed by atoms with Crippen molar-refractivity contribution in [3.05, 3.63) is 46.3 Å². The van der Waals surface area contributed by atoms with Crippen molar-refractivity contribution >= 4 is 18.2 Å². The van der Waals surface area contributed by atoms with Gasteiger partial charge in [-0.05, 0) is 22.7 Å². The Morgan fingerprint density at radius 1 is 1.05 bits per heavy atom. The number of hydrogen-bond donors (Lipinski definition) is 0. The highest BCUT2D eigenvalue weighted by Gasteiger charge is 2.49. The zero-order chi connectivity index (χ0) is 16.8. The number of alkyl halides is 3. The molecule has 1 aliphatic carbocycles. The van der Waals surface area contributed by atoms with E-state index in [1.54, 1.807) is 12.1 Å². The molecule has 1 aromatic rings. The molecule has 0 atom stereocenters. The normalized spacial score (nSPS) is 16.5. The molecule has 0 aromatic heterocycles. The average molecular weight is 350 g/mol. The highest BCUT2D eigenvalue weighted by atomic mass is 32.2. The van der Waals surface area contributed by atoms with Crippen LogP contribution in [-0.4, -0.2) is 22.0 Å². The Hall–Kier alpha value is -1.28. The fourth-order valence-electron chi connectivity index (χ4n) is 2.41. The lowest BCUT2D eigenvalue weighted by atomic mass is 9.96. The first-order valence-corrected chi connectivity index (χ1v) is 11.6. The molecule has 0 radical (unpaired) electrons. The molecule has 2 rings (SSSR count). The Morgan fingerprint density at radius 2 is 1.55 bits per heavy atom. The van der Waals surface area contributed by atoms with Crippen LogP contribution in [0.25, 0.3) is 0 Å². The Morgan fingerprint density at radius 3 is 2.00 bits per heavy atom. The van der Waals surface area contributed by atoms with Gasteiger partial charge < -0.3 is 4.18 Å². The van der Waals surface area contributed by atoms with Gasteiger partial charge in [0.25, 0.3) is 0 Å². The Balaban J connectivity index is 2.47. The molecule has 1 aliphatic rings. The van der Waals surface area contributed by atoms with Crippen LogP contribution >= 0.6 is 0 Å². The molecule has 122 valence electrons. The highest BCUT2D eigenvalue weighted by Crippen LogP contribution is 2.35. The Labute approximate surface area is 128 Å². The lowest BCUT2D eigenvalue weighted by molar-refractivity contribution is -0.0523. The summed E-state index contributed by atoms with van der Waals surface area (Å²) < 4.78 is 64.9. The SMILES string of the molecule is C[Si](C)(C)C1=C(OS(=O)(=O)C(F)(F)F)Cc2ccccc2C1. The van der Waals surface area contributed by atoms with Crippen LogP contribution in [0.15, 0.2) is 35.2 Å². The van der Waals surface area contributed by atoms with Crippen LogP contribution in [0.1, 0.15) is 11.1 Å². The summed E-state index contributed by atoms with van der Waals surface area (Å²) in [5.74, 6) is -0.0600. The topological polar surface area (TPSA) is 43.4 Å². The van der Waals surface area contributed by atoms with Gasteiger partial charge >= 0.3 is 15.6 Å². The van der Waals surface area contributed by atoms with Crippen molar-refractivity contribution in [3.8, 4) is 0 Å². The van der Waals surface area contributed by atoms with E-state index in [2.05, 4.69) is 4.18 Å². The number of fused-ring (bicyclic) bond motifs is 1. The van der Waals surface area contributed by atoms with Gasteiger partial charge in [-0.15, -0.1) is 0 Å². The summed E-state index contributed by atoms with van der Waals surface area (Å²) in [6.07, 6.45) is 0.514. The molecule has 0 aliphatic heterocycles. The molecule has 1 aromatic carbocycles. The maximum absolute atomic E-state index is 12.6. The van der Waals surface area contributed by atoms with Gasteiger partial charge in [-0.25, -0.2) is 0 Å². The summed E-state index contributed by atoms with van der Waals surface area (Å²) in [7, 11) is -7.65. The van der Waals surface area contributed by atoms with Gasteiger partial charge in [-0.1, -0.05) is 43.9 Å². The van der Waals surface area contributed by atoms with Gasteiger partial charge in [-0.2, -0.15) is 21.6 Å². The van der Waals surface area contributed by atoms with E-state index in [9.17, 15) is 21.6 Å². The van der Waals surface area contributed by atoms with E-state index in [-0.39, 0.29) is 12.2 Å². The van der Waals surface area contributed by atoms with Gasteiger partial charge in [0.05, 0.1) is 8.07 Å². The third-order valence-corrected chi connectivity index (χ3v) is 6.83. The van der Waals surface area contributed by atoms with E-state index in [0.29, 0.717) is 11.6 Å². The van der Waals surface area contributed by atoms with Gasteiger partial charge in [-0.3, -0.25) is 0 Å². The fourth-order valence-corrected chi connectivity index (χ4v) is 4.70. The number of hydrogen-bond acceptors (Lipinski definition) is 3. The largest absolute Gasteiger partial charge is 0.534 e. The number of benzene rings is 1. The molecule has 0 unspecified atom stereocenters. The quantitative estimate of drug-likeness (QED) is 0.473. The number of halogens is 3. The molecule has 0 amide bonds. The first-order valence-electron chi connectivity index (χ1n) is 6.72. The zero-order valence-electron chi connectivity index (χ0n) is 12.5. The summed E-state index contributed by atoms with van der Waals surface area (Å²) in [6.45, 7) is 5.87. The summed E-state index contributed by atoms with van der Waals surface area (Å²) >= 11 is 0. The van der Waals surface area contributed by atoms with E-state index in [0.717, 1.165) is 11.1 Å². The van der Waals surface area contributed by atoms with Gasteiger partial charge in [0.15, 0.2) is 0 Å². The molecule has 8 heteroatoms. The second-order valence-electron chi connectivity index (χ2n) is 6.26. The summed E-state index contributed by atoms with van der Waals surface area (Å²) in [5, 5.41) is 0.707. The van der Waals surface area contributed by atoms with E-state index in [4.69, 9.17) is 0 Å². The molecule has 3 nitrogen and oxygen atoms in total. The lowest BCUT2D eigenvalue weighted by Crippen LogP contribution is -2.33. The van der Waals surface area contributed by atoms with E-state index in [1.165, 1.54) is 0 Å². The molecule has 0 saturated carbocycles. The molecule has 0 fully saturated rings. The molecule has 0 saturated heterocycles. The van der Waals surface area contributed by atoms with Crippen molar-refractivity contribution < 1.29 is 25.8 Å². The molecule has 0 N–H and O–H groups in total. The second-order valence-corrected chi connectivity index (χ2v) is 12.9. The van der Waals surface area contributed by atoms with Crippen molar-refractivity contribution in [2.24, 2.45) is 0 Å². The minimum Gasteiger partial charge on any atom is -0.381 e. The lowest BCUT2D eigenvalue weighted by Gasteiger charge is -2.30. The fraction of sp³-hybridized carbons (Fsp3) is 0.429. The molecule has 22 heavy (non-hydrogen) atoms. The average Bonchev–Trinajstić information content (AvgIpc) is 2.34. The molecular weight excluding hydrogens is 333 g/mol. The smallest absolute Gasteiger partial charge is 0.381 e. The first-order chi connectivity index (χ1) is 9.92. The predicted molar refractivity (Wildman–Crippen MR) is 80.3 cm³/mol. The zero-order valence-corrected chi connectivity index (χ0v) is 14.3. The van der Waals surface area contributed by atoms with Gasteiger partial charge in [0.2, 0.25) is 0 Å². The second kappa shape index (κ2) is 5.41. The van der Waals surface area contributed by atoms with Crippen LogP contribution in [0.3, 0.4) is 0 Å². The summed E-state index contributed by atoms with van der Waals surface area (Å²) in [6, 6.07) is 7.32. The van der Waals surface area contributed by atoms with Gasteiger partial charge in [0, 0.05) is 6.42 Å². The van der Waals surface area contributed by atoms with E-state index in [1.807, 2.05) is 31.8 Å². The molecule has 0 bridgehead atoms. The number of allylic oxidation sites excluding steroid dienone is 2. The Kier molecular flexibility index (Phi) is 4.20. The van der Waals surface area contributed by atoms with Crippen LogP contribution in [-0.2, 0) is 27.1 Å². The van der Waals surface area contributed by atoms with E-state index >= 15 is 0 Å². The van der Waals surface area contributed by atoms with Crippen LogP contribution < -0.4 is 0 Å². The minimum atomic E-state index is -5.63. The molecule has 0 heterocycles. The maximum Gasteiger partial charge on any atom is 0.534 e. The third kappa shape index (κ3) is 3.38. The minimum absolute atomic E-state index is 0.0600. The van der Waals surface area contributed by atoms with Crippen LogP contribution in [0.5, 0.6) is 0 Å². The predicted octanol–water partition coefficient (Wildman–Crippen LogP) is 3.78. The molecule has 0 spiro atoms. The van der Waals surface area contributed by atoms with E-state index < -0.39 is 23.7 Å². The van der Waals surface area contributed by atoms with Gasteiger partial charge in [0.1, 0.15) is 5.76 Å². The summed E-state index contributed by atoms with van der Waals surface area (Å²) in [4.78, 5) is 0. The van der Waals surface area contributed by atoms with Crippen molar-refractivity contribution in [1.82, 2.24) is 0 Å². The standard InChI is InChI=1S/C14H17F3O3SSi/c1-22(2,3)13-9-11-7-5-4-6-10(11)8-12(13)20-21(18,19)14(15,16)17/h4-7H,8-9H2,1-3H3. The van der Waals surface area contributed by atoms with Crippen molar-refractivity contribution in [2.45, 2.75) is 38.0 Å². The first kappa shape index (κ1) is 17.1. The third-order valence-electron chi connectivity index (χ3n) is 3.57. The van der Waals surface area contributed by atoms with Crippen LogP contribution in [0, 0.1) is 0 Å². The van der Waals surface area contributed by atoms with Crippen LogP contribution in [0.4, 0.5) is 13.2 Å².